The Kier molecular flexibility index (Phi) is 3.83. The van der Waals surface area contributed by atoms with Gasteiger partial charge in [-0.3, -0.25) is 0 Å². The van der Waals surface area contributed by atoms with E-state index in [0.29, 0.717) is 18.1 Å². The van der Waals surface area contributed by atoms with E-state index in [4.69, 9.17) is 4.74 Å². The topological polar surface area (TPSA) is 47.0 Å². The van der Waals surface area contributed by atoms with Gasteiger partial charge in [0, 0.05) is 18.5 Å². The van der Waals surface area contributed by atoms with E-state index in [1.165, 1.54) is 0 Å². The Balaban J connectivity index is 2.26. The monoisotopic (exact) mass is 243 g/mol. The van der Waals surface area contributed by atoms with Gasteiger partial charge in [-0.15, -0.1) is 0 Å². The van der Waals surface area contributed by atoms with Crippen molar-refractivity contribution in [1.29, 1.82) is 0 Å². The van der Waals surface area contributed by atoms with Gasteiger partial charge in [0.05, 0.1) is 5.69 Å². The molecule has 94 valence electrons. The zero-order valence-electron chi connectivity index (χ0n) is 9.67. The van der Waals surface area contributed by atoms with E-state index < -0.39 is 13.0 Å². The zero-order valence-corrected chi connectivity index (χ0v) is 9.67. The number of halogens is 2. The third kappa shape index (κ3) is 3.09. The van der Waals surface area contributed by atoms with Gasteiger partial charge in [0.15, 0.2) is 6.61 Å². The smallest absolute Gasteiger partial charge is 0.272 e. The molecule has 0 amide bonds. The van der Waals surface area contributed by atoms with Gasteiger partial charge < -0.3 is 10.1 Å². The van der Waals surface area contributed by atoms with Crippen LogP contribution in [0.2, 0.25) is 0 Å². The Morgan fingerprint density at radius 3 is 2.82 bits per heavy atom. The first-order valence-corrected chi connectivity index (χ1v) is 5.65. The molecule has 0 spiro atoms. The van der Waals surface area contributed by atoms with E-state index in [-0.39, 0.29) is 0 Å². The zero-order chi connectivity index (χ0) is 12.3. The number of nitrogens with zero attached hydrogens (tertiary/aromatic N) is 2. The molecule has 17 heavy (non-hydrogen) atoms. The quantitative estimate of drug-likeness (QED) is 0.864. The molecule has 0 bridgehead atoms. The molecule has 0 saturated carbocycles. The minimum absolute atomic E-state index is 0.316. The Hall–Kier alpha value is -1.30. The molecule has 2 heterocycles. The summed E-state index contributed by atoms with van der Waals surface area (Å²) in [7, 11) is 0. The number of rotatable bonds is 3. The SMILES string of the molecule is Cc1nc2c(c(OCC(F)F)n1)CCNCC2. The normalized spacial score (nSPS) is 15.5. The summed E-state index contributed by atoms with van der Waals surface area (Å²) in [4.78, 5) is 8.45. The van der Waals surface area contributed by atoms with Crippen molar-refractivity contribution < 1.29 is 13.5 Å². The number of nitrogens with one attached hydrogen (secondary N) is 1. The average molecular weight is 243 g/mol. The lowest BCUT2D eigenvalue weighted by molar-refractivity contribution is 0.0788. The lowest BCUT2D eigenvalue weighted by atomic mass is 10.1. The van der Waals surface area contributed by atoms with Crippen molar-refractivity contribution in [3.63, 3.8) is 0 Å². The predicted octanol–water partition coefficient (Wildman–Crippen LogP) is 1.12. The second-order valence-corrected chi connectivity index (χ2v) is 3.95. The van der Waals surface area contributed by atoms with Gasteiger partial charge in [0.25, 0.3) is 6.43 Å². The van der Waals surface area contributed by atoms with Crippen LogP contribution in [0, 0.1) is 6.92 Å². The molecule has 0 unspecified atom stereocenters. The Morgan fingerprint density at radius 1 is 1.29 bits per heavy atom. The highest BCUT2D eigenvalue weighted by Gasteiger charge is 2.17. The van der Waals surface area contributed by atoms with E-state index in [1.54, 1.807) is 6.92 Å². The molecule has 0 aromatic carbocycles. The summed E-state index contributed by atoms with van der Waals surface area (Å²) < 4.78 is 29.4. The third-order valence-corrected chi connectivity index (χ3v) is 2.60. The Labute approximate surface area is 98.4 Å². The lowest BCUT2D eigenvalue weighted by Gasteiger charge is -2.12. The third-order valence-electron chi connectivity index (χ3n) is 2.60. The summed E-state index contributed by atoms with van der Waals surface area (Å²) in [6.45, 7) is 2.77. The first-order chi connectivity index (χ1) is 8.16. The van der Waals surface area contributed by atoms with Crippen molar-refractivity contribution in [2.24, 2.45) is 0 Å². The molecule has 4 nitrogen and oxygen atoms in total. The summed E-state index contributed by atoms with van der Waals surface area (Å²) in [5, 5.41) is 3.23. The van der Waals surface area contributed by atoms with E-state index in [0.717, 1.165) is 30.8 Å². The maximum atomic E-state index is 12.2. The van der Waals surface area contributed by atoms with E-state index in [2.05, 4.69) is 15.3 Å². The number of hydrogen-bond donors (Lipinski definition) is 1. The molecule has 1 N–H and O–H groups in total. The molecule has 6 heteroatoms. The molecule has 1 aliphatic rings. The van der Waals surface area contributed by atoms with Crippen molar-refractivity contribution in [2.45, 2.75) is 26.2 Å². The number of hydrogen-bond acceptors (Lipinski definition) is 4. The molecule has 0 radical (unpaired) electrons. The van der Waals surface area contributed by atoms with Crippen LogP contribution in [0.3, 0.4) is 0 Å². The standard InChI is InChI=1S/C11H15F2N3O/c1-7-15-9-3-5-14-4-2-8(9)11(16-7)17-6-10(12)13/h10,14H,2-6H2,1H3. The molecule has 2 rings (SSSR count). The number of alkyl halides is 2. The van der Waals surface area contributed by atoms with E-state index >= 15 is 0 Å². The average Bonchev–Trinajstić information content (AvgIpc) is 2.50. The second-order valence-electron chi connectivity index (χ2n) is 3.95. The fraction of sp³-hybridized carbons (Fsp3) is 0.636. The largest absolute Gasteiger partial charge is 0.471 e. The summed E-state index contributed by atoms with van der Waals surface area (Å²) in [5.74, 6) is 0.881. The fourth-order valence-corrected chi connectivity index (χ4v) is 1.89. The molecule has 1 aliphatic heterocycles. The summed E-state index contributed by atoms with van der Waals surface area (Å²) in [6.07, 6.45) is -0.984. The number of aryl methyl sites for hydroxylation is 1. The Bertz CT molecular complexity index is 399. The highest BCUT2D eigenvalue weighted by molar-refractivity contribution is 5.32. The predicted molar refractivity (Wildman–Crippen MR) is 58.5 cm³/mol. The molecular weight excluding hydrogens is 228 g/mol. The number of fused-ring (bicyclic) bond motifs is 1. The van der Waals surface area contributed by atoms with E-state index in [1.807, 2.05) is 0 Å². The number of ether oxygens (including phenoxy) is 1. The van der Waals surface area contributed by atoms with E-state index in [9.17, 15) is 8.78 Å². The van der Waals surface area contributed by atoms with Gasteiger partial charge in [-0.05, 0) is 19.9 Å². The van der Waals surface area contributed by atoms with Crippen molar-refractivity contribution >= 4 is 0 Å². The van der Waals surface area contributed by atoms with Crippen molar-refractivity contribution in [2.75, 3.05) is 19.7 Å². The van der Waals surface area contributed by atoms with Crippen molar-refractivity contribution in [3.05, 3.63) is 17.1 Å². The molecule has 1 aromatic heterocycles. The van der Waals surface area contributed by atoms with Gasteiger partial charge in [0.1, 0.15) is 5.82 Å². The van der Waals surface area contributed by atoms with Crippen LogP contribution >= 0.6 is 0 Å². The molecule has 1 aromatic rings. The van der Waals surface area contributed by atoms with Crippen LogP contribution in [0.25, 0.3) is 0 Å². The van der Waals surface area contributed by atoms with Crippen LogP contribution in [-0.2, 0) is 12.8 Å². The lowest BCUT2D eigenvalue weighted by Crippen LogP contribution is -2.16. The molecule has 0 aliphatic carbocycles. The van der Waals surface area contributed by atoms with Gasteiger partial charge in [-0.2, -0.15) is 4.98 Å². The molecule has 0 saturated heterocycles. The van der Waals surface area contributed by atoms with Crippen LogP contribution in [0.1, 0.15) is 17.1 Å². The highest BCUT2D eigenvalue weighted by atomic mass is 19.3. The second kappa shape index (κ2) is 5.35. The first kappa shape index (κ1) is 12.2. The summed E-state index contributed by atoms with van der Waals surface area (Å²) in [6, 6.07) is 0. The van der Waals surface area contributed by atoms with Crippen LogP contribution in [-0.4, -0.2) is 36.1 Å². The molecule has 0 atom stereocenters. The fourth-order valence-electron chi connectivity index (χ4n) is 1.89. The van der Waals surface area contributed by atoms with Gasteiger partial charge in [0.2, 0.25) is 5.88 Å². The summed E-state index contributed by atoms with van der Waals surface area (Å²) >= 11 is 0. The van der Waals surface area contributed by atoms with Gasteiger partial charge in [-0.25, -0.2) is 13.8 Å². The molecule has 0 fully saturated rings. The maximum Gasteiger partial charge on any atom is 0.272 e. The minimum atomic E-state index is -2.48. The first-order valence-electron chi connectivity index (χ1n) is 5.65. The molecular formula is C11H15F2N3O. The van der Waals surface area contributed by atoms with Crippen LogP contribution in [0.5, 0.6) is 5.88 Å². The van der Waals surface area contributed by atoms with Gasteiger partial charge >= 0.3 is 0 Å². The van der Waals surface area contributed by atoms with Crippen LogP contribution in [0.15, 0.2) is 0 Å². The van der Waals surface area contributed by atoms with Crippen LogP contribution < -0.4 is 10.1 Å². The highest BCUT2D eigenvalue weighted by Crippen LogP contribution is 2.22. The number of aromatic nitrogens is 2. The van der Waals surface area contributed by atoms with Crippen molar-refractivity contribution in [1.82, 2.24) is 15.3 Å². The minimum Gasteiger partial charge on any atom is -0.471 e. The van der Waals surface area contributed by atoms with Crippen molar-refractivity contribution in [3.8, 4) is 5.88 Å². The summed E-state index contributed by atoms with van der Waals surface area (Å²) in [5.41, 5.74) is 1.77. The van der Waals surface area contributed by atoms with Gasteiger partial charge in [-0.1, -0.05) is 0 Å². The Morgan fingerprint density at radius 2 is 2.06 bits per heavy atom. The maximum absolute atomic E-state index is 12.2. The van der Waals surface area contributed by atoms with Crippen LogP contribution in [0.4, 0.5) is 8.78 Å².